The number of hydrogen-bond acceptors (Lipinski definition) is 4. The van der Waals surface area contributed by atoms with Crippen LogP contribution in [0.1, 0.15) is 31.9 Å². The number of anilines is 1. The Balaban J connectivity index is 2.00. The molecule has 0 fully saturated rings. The molecule has 0 aliphatic heterocycles. The molecule has 1 N–H and O–H groups in total. The first kappa shape index (κ1) is 18.2. The predicted octanol–water partition coefficient (Wildman–Crippen LogP) is 3.41. The lowest BCUT2D eigenvalue weighted by Crippen LogP contribution is -2.37. The number of amides is 1. The summed E-state index contributed by atoms with van der Waals surface area (Å²) in [6.45, 7) is 5.05. The van der Waals surface area contributed by atoms with Gasteiger partial charge in [0.25, 0.3) is 5.91 Å². The van der Waals surface area contributed by atoms with Crippen LogP contribution >= 0.6 is 0 Å². The number of carbonyl (C=O) groups is 2. The third kappa shape index (κ3) is 4.45. The van der Waals surface area contributed by atoms with Gasteiger partial charge in [0.2, 0.25) is 0 Å². The second-order valence-electron chi connectivity index (χ2n) is 6.22. The van der Waals surface area contributed by atoms with Gasteiger partial charge in [-0.1, -0.05) is 30.3 Å². The monoisotopic (exact) mass is 336 g/mol. The lowest BCUT2D eigenvalue weighted by molar-refractivity contribution is -0.158. The molecule has 1 atom stereocenters. The van der Waals surface area contributed by atoms with Crippen molar-refractivity contribution in [2.75, 3.05) is 5.32 Å². The summed E-state index contributed by atoms with van der Waals surface area (Å²) in [4.78, 5) is 24.7. The van der Waals surface area contributed by atoms with Crippen molar-refractivity contribution in [3.63, 3.8) is 0 Å². The predicted molar refractivity (Wildman–Crippen MR) is 94.8 cm³/mol. The quantitative estimate of drug-likeness (QED) is 0.849. The van der Waals surface area contributed by atoms with E-state index in [-0.39, 0.29) is 0 Å². The topological polar surface area (TPSA) is 79.2 Å². The maximum absolute atomic E-state index is 12.5. The zero-order chi connectivity index (χ0) is 18.4. The van der Waals surface area contributed by atoms with Gasteiger partial charge in [0.15, 0.2) is 6.10 Å². The number of nitrogens with zero attached hydrogens (tertiary/aromatic N) is 1. The highest BCUT2D eigenvalue weighted by atomic mass is 16.5. The molecule has 0 aliphatic rings. The summed E-state index contributed by atoms with van der Waals surface area (Å²) < 4.78 is 5.35. The molecule has 0 spiro atoms. The van der Waals surface area contributed by atoms with Gasteiger partial charge in [0, 0.05) is 5.69 Å². The second kappa shape index (κ2) is 7.63. The van der Waals surface area contributed by atoms with Crippen molar-refractivity contribution in [3.8, 4) is 6.07 Å². The lowest BCUT2D eigenvalue weighted by atomic mass is 9.85. The van der Waals surface area contributed by atoms with Gasteiger partial charge in [-0.15, -0.1) is 0 Å². The molecule has 5 heteroatoms. The molecule has 0 heterocycles. The minimum atomic E-state index is -0.939. The van der Waals surface area contributed by atoms with Gasteiger partial charge in [-0.2, -0.15) is 5.26 Å². The van der Waals surface area contributed by atoms with Gasteiger partial charge >= 0.3 is 5.97 Å². The maximum atomic E-state index is 12.5. The number of benzene rings is 2. The van der Waals surface area contributed by atoms with E-state index in [0.29, 0.717) is 11.3 Å². The first-order valence-corrected chi connectivity index (χ1v) is 7.92. The first-order valence-electron chi connectivity index (χ1n) is 7.92. The molecule has 5 nitrogen and oxygen atoms in total. The van der Waals surface area contributed by atoms with E-state index in [4.69, 9.17) is 10.00 Å². The molecule has 0 bridgehead atoms. The fraction of sp³-hybridized carbons (Fsp3) is 0.250. The van der Waals surface area contributed by atoms with Crippen LogP contribution in [0.3, 0.4) is 0 Å². The van der Waals surface area contributed by atoms with Gasteiger partial charge in [0.05, 0.1) is 17.0 Å². The third-order valence-corrected chi connectivity index (χ3v) is 3.94. The molecule has 0 saturated carbocycles. The van der Waals surface area contributed by atoms with Gasteiger partial charge < -0.3 is 10.1 Å². The fourth-order valence-electron chi connectivity index (χ4n) is 2.21. The normalized spacial score (nSPS) is 11.9. The van der Waals surface area contributed by atoms with Crippen molar-refractivity contribution in [2.45, 2.75) is 32.3 Å². The van der Waals surface area contributed by atoms with Crippen LogP contribution in [-0.4, -0.2) is 18.0 Å². The number of hydrogen-bond donors (Lipinski definition) is 1. The molecule has 2 aromatic carbocycles. The summed E-state index contributed by atoms with van der Waals surface area (Å²) in [5.74, 6) is -0.900. The smallest absolute Gasteiger partial charge is 0.316 e. The van der Waals surface area contributed by atoms with E-state index in [2.05, 4.69) is 5.32 Å². The van der Waals surface area contributed by atoms with Crippen LogP contribution in [-0.2, 0) is 19.7 Å². The van der Waals surface area contributed by atoms with Gasteiger partial charge in [-0.3, -0.25) is 9.59 Å². The van der Waals surface area contributed by atoms with Crippen LogP contribution in [0.25, 0.3) is 0 Å². The number of carbonyl (C=O) groups excluding carboxylic acids is 2. The molecule has 0 radical (unpaired) electrons. The average molecular weight is 336 g/mol. The van der Waals surface area contributed by atoms with Crippen molar-refractivity contribution in [2.24, 2.45) is 0 Å². The molecule has 2 rings (SSSR count). The van der Waals surface area contributed by atoms with E-state index in [1.165, 1.54) is 6.92 Å². The summed E-state index contributed by atoms with van der Waals surface area (Å²) in [5, 5.41) is 11.4. The Morgan fingerprint density at radius 3 is 2.24 bits per heavy atom. The van der Waals surface area contributed by atoms with Crippen LogP contribution < -0.4 is 5.32 Å². The zero-order valence-corrected chi connectivity index (χ0v) is 14.4. The molecule has 1 amide bonds. The standard InChI is InChI=1S/C20H20N2O3/c1-14(18(23)22-17-11-9-15(13-21)10-12-17)25-19(24)20(2,3)16-7-5-4-6-8-16/h4-12,14H,1-3H3,(H,22,23)/t14-/m0/s1. The SMILES string of the molecule is C[C@H](OC(=O)C(C)(C)c1ccccc1)C(=O)Nc1ccc(C#N)cc1. The summed E-state index contributed by atoms with van der Waals surface area (Å²) >= 11 is 0. The summed E-state index contributed by atoms with van der Waals surface area (Å²) in [6.07, 6.45) is -0.939. The van der Waals surface area contributed by atoms with Crippen molar-refractivity contribution in [1.82, 2.24) is 0 Å². The molecule has 128 valence electrons. The van der Waals surface area contributed by atoms with Gasteiger partial charge in [-0.05, 0) is 50.6 Å². The average Bonchev–Trinajstić information content (AvgIpc) is 2.62. The Hall–Kier alpha value is -3.13. The Morgan fingerprint density at radius 2 is 1.68 bits per heavy atom. The minimum Gasteiger partial charge on any atom is -0.452 e. The highest BCUT2D eigenvalue weighted by Gasteiger charge is 2.33. The molecule has 2 aromatic rings. The van der Waals surface area contributed by atoms with Crippen LogP contribution in [0, 0.1) is 11.3 Å². The van der Waals surface area contributed by atoms with E-state index in [1.54, 1.807) is 38.1 Å². The van der Waals surface area contributed by atoms with Gasteiger partial charge in [-0.25, -0.2) is 0 Å². The van der Waals surface area contributed by atoms with Crippen LogP contribution in [0.2, 0.25) is 0 Å². The Labute approximate surface area is 147 Å². The highest BCUT2D eigenvalue weighted by molar-refractivity contribution is 5.95. The maximum Gasteiger partial charge on any atom is 0.316 e. The van der Waals surface area contributed by atoms with E-state index in [0.717, 1.165) is 5.56 Å². The Bertz CT molecular complexity index is 790. The van der Waals surface area contributed by atoms with Crippen molar-refractivity contribution in [1.29, 1.82) is 5.26 Å². The number of nitriles is 1. The number of ether oxygens (including phenoxy) is 1. The van der Waals surface area contributed by atoms with Crippen LogP contribution in [0.4, 0.5) is 5.69 Å². The minimum absolute atomic E-state index is 0.429. The highest BCUT2D eigenvalue weighted by Crippen LogP contribution is 2.25. The summed E-state index contributed by atoms with van der Waals surface area (Å²) in [6, 6.07) is 17.7. The molecule has 25 heavy (non-hydrogen) atoms. The van der Waals surface area contributed by atoms with Crippen LogP contribution in [0.5, 0.6) is 0 Å². The second-order valence-corrected chi connectivity index (χ2v) is 6.22. The third-order valence-electron chi connectivity index (χ3n) is 3.94. The molecular weight excluding hydrogens is 316 g/mol. The largest absolute Gasteiger partial charge is 0.452 e. The Morgan fingerprint density at radius 1 is 1.08 bits per heavy atom. The van der Waals surface area contributed by atoms with Crippen molar-refractivity contribution < 1.29 is 14.3 Å². The summed E-state index contributed by atoms with van der Waals surface area (Å²) in [7, 11) is 0. The van der Waals surface area contributed by atoms with Crippen LogP contribution in [0.15, 0.2) is 54.6 Å². The van der Waals surface area contributed by atoms with E-state index in [1.807, 2.05) is 36.4 Å². The zero-order valence-electron chi connectivity index (χ0n) is 14.4. The summed E-state index contributed by atoms with van der Waals surface area (Å²) in [5.41, 5.74) is 1.00. The molecule has 0 aromatic heterocycles. The molecule has 0 saturated heterocycles. The Kier molecular flexibility index (Phi) is 5.56. The van der Waals surface area contributed by atoms with Crippen molar-refractivity contribution in [3.05, 3.63) is 65.7 Å². The number of rotatable bonds is 5. The van der Waals surface area contributed by atoms with E-state index >= 15 is 0 Å². The van der Waals surface area contributed by atoms with E-state index < -0.39 is 23.4 Å². The molecule has 0 unspecified atom stereocenters. The van der Waals surface area contributed by atoms with E-state index in [9.17, 15) is 9.59 Å². The number of esters is 1. The fourth-order valence-corrected chi connectivity index (χ4v) is 2.21. The molecule has 0 aliphatic carbocycles. The lowest BCUT2D eigenvalue weighted by Gasteiger charge is -2.25. The van der Waals surface area contributed by atoms with Gasteiger partial charge in [0.1, 0.15) is 0 Å². The first-order chi connectivity index (χ1) is 11.8. The van der Waals surface area contributed by atoms with Crippen molar-refractivity contribution >= 4 is 17.6 Å². The number of nitrogens with one attached hydrogen (secondary N) is 1. The molecular formula is C20H20N2O3.